The highest BCUT2D eigenvalue weighted by Gasteiger charge is 2.44. The van der Waals surface area contributed by atoms with Gasteiger partial charge in [0.2, 0.25) is 0 Å². The van der Waals surface area contributed by atoms with Gasteiger partial charge in [-0.05, 0) is 64.9 Å². The second-order valence-corrected chi connectivity index (χ2v) is 7.23. The first-order valence-electron chi connectivity index (χ1n) is 8.77. The normalized spacial score (nSPS) is 22.5. The van der Waals surface area contributed by atoms with Crippen molar-refractivity contribution in [2.24, 2.45) is 5.92 Å². The summed E-state index contributed by atoms with van der Waals surface area (Å²) in [6, 6.07) is 1.92. The third-order valence-electron chi connectivity index (χ3n) is 5.30. The number of hydrogen-bond acceptors (Lipinski definition) is 4. The summed E-state index contributed by atoms with van der Waals surface area (Å²) >= 11 is 0. The molecule has 0 unspecified atom stereocenters. The molecule has 0 radical (unpaired) electrons. The number of nitrogens with zero attached hydrogens (tertiary/aromatic N) is 4. The number of rotatable bonds is 4. The predicted molar refractivity (Wildman–Crippen MR) is 90.2 cm³/mol. The Hall–Kier alpha value is -1.40. The minimum absolute atomic E-state index is 0.269. The zero-order chi connectivity index (χ0) is 16.3. The number of aromatic nitrogens is 2. The Bertz CT molecular complexity index is 499. The van der Waals surface area contributed by atoms with Crippen LogP contribution < -0.4 is 5.32 Å². The molecule has 0 aliphatic carbocycles. The number of hydrogen-bond donors (Lipinski definition) is 1. The molecule has 2 aliphatic heterocycles. The highest BCUT2D eigenvalue weighted by molar-refractivity contribution is 5.84. The van der Waals surface area contributed by atoms with Gasteiger partial charge in [0, 0.05) is 32.0 Å². The van der Waals surface area contributed by atoms with Gasteiger partial charge in [0.25, 0.3) is 5.91 Å². The van der Waals surface area contributed by atoms with E-state index in [0.717, 1.165) is 58.4 Å². The number of carbonyl (C=O) groups excluding carboxylic acids is 1. The molecule has 1 amide bonds. The Labute approximate surface area is 138 Å². The van der Waals surface area contributed by atoms with Crippen molar-refractivity contribution in [1.29, 1.82) is 0 Å². The van der Waals surface area contributed by atoms with Crippen LogP contribution in [0.1, 0.15) is 25.7 Å². The average molecular weight is 319 g/mol. The van der Waals surface area contributed by atoms with Gasteiger partial charge >= 0.3 is 0 Å². The molecule has 1 aromatic heterocycles. The van der Waals surface area contributed by atoms with E-state index in [0.29, 0.717) is 5.92 Å². The Morgan fingerprint density at radius 2 is 2.00 bits per heavy atom. The van der Waals surface area contributed by atoms with Crippen LogP contribution in [0.15, 0.2) is 18.5 Å². The van der Waals surface area contributed by atoms with E-state index in [1.54, 1.807) is 6.20 Å². The van der Waals surface area contributed by atoms with Gasteiger partial charge in [-0.3, -0.25) is 9.48 Å². The number of carbonyl (C=O) groups is 1. The number of nitrogens with one attached hydrogen (secondary N) is 1. The largest absolute Gasteiger partial charge is 0.341 e. The second-order valence-electron chi connectivity index (χ2n) is 7.23. The molecule has 1 N–H and O–H groups in total. The second kappa shape index (κ2) is 7.01. The summed E-state index contributed by atoms with van der Waals surface area (Å²) in [5.41, 5.74) is -0.483. The molecule has 0 aromatic carbocycles. The third-order valence-corrected chi connectivity index (χ3v) is 5.30. The zero-order valence-electron chi connectivity index (χ0n) is 14.4. The topological polar surface area (TPSA) is 53.4 Å². The molecule has 2 saturated heterocycles. The summed E-state index contributed by atoms with van der Waals surface area (Å²) in [5, 5.41) is 7.79. The average Bonchev–Trinajstić information content (AvgIpc) is 3.10. The van der Waals surface area contributed by atoms with Gasteiger partial charge in [-0.2, -0.15) is 5.10 Å². The highest BCUT2D eigenvalue weighted by Crippen LogP contribution is 2.31. The third kappa shape index (κ3) is 3.43. The molecule has 1 aromatic rings. The SMILES string of the molecule is CN(C)CC1CCN(C(=O)C2(n3cccn3)CCNCC2)CC1. The maximum Gasteiger partial charge on any atom is 0.250 e. The van der Waals surface area contributed by atoms with E-state index in [9.17, 15) is 4.79 Å². The van der Waals surface area contributed by atoms with Crippen molar-refractivity contribution in [2.75, 3.05) is 46.8 Å². The molecule has 2 fully saturated rings. The number of likely N-dealkylation sites (tertiary alicyclic amines) is 1. The Morgan fingerprint density at radius 1 is 1.30 bits per heavy atom. The first-order chi connectivity index (χ1) is 11.1. The molecule has 0 saturated carbocycles. The lowest BCUT2D eigenvalue weighted by Gasteiger charge is -2.42. The van der Waals surface area contributed by atoms with Gasteiger partial charge in [0.15, 0.2) is 0 Å². The maximum absolute atomic E-state index is 13.3. The van der Waals surface area contributed by atoms with Crippen LogP contribution in [0.3, 0.4) is 0 Å². The molecule has 3 heterocycles. The molecule has 6 heteroatoms. The van der Waals surface area contributed by atoms with Crippen LogP contribution >= 0.6 is 0 Å². The minimum atomic E-state index is -0.483. The van der Waals surface area contributed by atoms with Crippen LogP contribution in [0.4, 0.5) is 0 Å². The van der Waals surface area contributed by atoms with Crippen LogP contribution in [0.25, 0.3) is 0 Å². The zero-order valence-corrected chi connectivity index (χ0v) is 14.4. The Kier molecular flexibility index (Phi) is 5.02. The Balaban J connectivity index is 1.70. The Morgan fingerprint density at radius 3 is 2.57 bits per heavy atom. The van der Waals surface area contributed by atoms with E-state index in [-0.39, 0.29) is 5.91 Å². The smallest absolute Gasteiger partial charge is 0.250 e. The molecule has 23 heavy (non-hydrogen) atoms. The lowest BCUT2D eigenvalue weighted by atomic mass is 9.85. The number of piperidine rings is 2. The summed E-state index contributed by atoms with van der Waals surface area (Å²) in [6.07, 6.45) is 7.59. The first kappa shape index (κ1) is 16.5. The maximum atomic E-state index is 13.3. The van der Waals surface area contributed by atoms with Crippen molar-refractivity contribution >= 4 is 5.91 Å². The fraction of sp³-hybridized carbons (Fsp3) is 0.765. The van der Waals surface area contributed by atoms with Crippen LogP contribution in [-0.4, -0.2) is 72.3 Å². The van der Waals surface area contributed by atoms with E-state index in [1.807, 2.05) is 16.9 Å². The number of amides is 1. The lowest BCUT2D eigenvalue weighted by Crippen LogP contribution is -2.57. The van der Waals surface area contributed by atoms with Crippen LogP contribution in [0, 0.1) is 5.92 Å². The first-order valence-corrected chi connectivity index (χ1v) is 8.77. The van der Waals surface area contributed by atoms with Gasteiger partial charge in [-0.15, -0.1) is 0 Å². The van der Waals surface area contributed by atoms with Crippen molar-refractivity contribution in [1.82, 2.24) is 24.9 Å². The predicted octanol–water partition coefficient (Wildman–Crippen LogP) is 0.762. The molecule has 3 rings (SSSR count). The minimum Gasteiger partial charge on any atom is -0.341 e. The molecule has 2 aliphatic rings. The van der Waals surface area contributed by atoms with E-state index in [2.05, 4.69) is 34.3 Å². The molecule has 0 atom stereocenters. The standard InChI is InChI=1S/C17H29N5O/c1-20(2)14-15-4-12-21(13-5-15)16(23)17(6-9-18-10-7-17)22-11-3-8-19-22/h3,8,11,15,18H,4-7,9-10,12-14H2,1-2H3. The molecule has 6 nitrogen and oxygen atoms in total. The van der Waals surface area contributed by atoms with Gasteiger partial charge in [-0.25, -0.2) is 0 Å². The molecule has 128 valence electrons. The summed E-state index contributed by atoms with van der Waals surface area (Å²) in [5.74, 6) is 0.980. The summed E-state index contributed by atoms with van der Waals surface area (Å²) < 4.78 is 1.90. The summed E-state index contributed by atoms with van der Waals surface area (Å²) in [7, 11) is 4.25. The molecular formula is C17H29N5O. The van der Waals surface area contributed by atoms with Crippen LogP contribution in [0.2, 0.25) is 0 Å². The molecule has 0 spiro atoms. The van der Waals surface area contributed by atoms with E-state index in [1.165, 1.54) is 0 Å². The molecular weight excluding hydrogens is 290 g/mol. The fourth-order valence-corrected chi connectivity index (χ4v) is 4.03. The highest BCUT2D eigenvalue weighted by atomic mass is 16.2. The summed E-state index contributed by atoms with van der Waals surface area (Å²) in [6.45, 7) is 4.64. The van der Waals surface area contributed by atoms with Crippen molar-refractivity contribution in [2.45, 2.75) is 31.2 Å². The van der Waals surface area contributed by atoms with Gasteiger partial charge in [-0.1, -0.05) is 0 Å². The molecule has 0 bridgehead atoms. The van der Waals surface area contributed by atoms with Crippen molar-refractivity contribution in [3.05, 3.63) is 18.5 Å². The van der Waals surface area contributed by atoms with Crippen molar-refractivity contribution < 1.29 is 4.79 Å². The van der Waals surface area contributed by atoms with Crippen LogP contribution in [-0.2, 0) is 10.3 Å². The van der Waals surface area contributed by atoms with Crippen LogP contribution in [0.5, 0.6) is 0 Å². The van der Waals surface area contributed by atoms with E-state index in [4.69, 9.17) is 0 Å². The van der Waals surface area contributed by atoms with E-state index >= 15 is 0 Å². The van der Waals surface area contributed by atoms with Gasteiger partial charge in [0.05, 0.1) is 0 Å². The van der Waals surface area contributed by atoms with E-state index < -0.39 is 5.54 Å². The van der Waals surface area contributed by atoms with Crippen molar-refractivity contribution in [3.63, 3.8) is 0 Å². The quantitative estimate of drug-likeness (QED) is 0.890. The summed E-state index contributed by atoms with van der Waals surface area (Å²) in [4.78, 5) is 17.7. The van der Waals surface area contributed by atoms with Gasteiger partial charge < -0.3 is 15.1 Å². The van der Waals surface area contributed by atoms with Gasteiger partial charge in [0.1, 0.15) is 5.54 Å². The monoisotopic (exact) mass is 319 g/mol. The van der Waals surface area contributed by atoms with Crippen molar-refractivity contribution in [3.8, 4) is 0 Å². The fourth-order valence-electron chi connectivity index (χ4n) is 4.03. The lowest BCUT2D eigenvalue weighted by molar-refractivity contribution is -0.144.